The Balaban J connectivity index is 1.45. The van der Waals surface area contributed by atoms with Crippen LogP contribution in [-0.4, -0.2) is 57.8 Å². The van der Waals surface area contributed by atoms with Crippen LogP contribution < -0.4 is 5.32 Å². The number of rotatable bonds is 6. The molecule has 0 saturated carbocycles. The number of nitrogens with zero attached hydrogens (tertiary/aromatic N) is 3. The van der Waals surface area contributed by atoms with E-state index in [0.29, 0.717) is 18.9 Å². The van der Waals surface area contributed by atoms with Crippen LogP contribution in [0.5, 0.6) is 0 Å². The summed E-state index contributed by atoms with van der Waals surface area (Å²) >= 11 is 1.74. The van der Waals surface area contributed by atoms with Crippen LogP contribution in [0.3, 0.4) is 0 Å². The maximum absolute atomic E-state index is 13.3. The maximum atomic E-state index is 13.3. The minimum atomic E-state index is -3.64. The molecule has 0 radical (unpaired) electrons. The number of aryl methyl sites for hydroxylation is 1. The second-order valence-corrected chi connectivity index (χ2v) is 11.3. The number of nitrogens with one attached hydrogen (secondary N) is 2. The van der Waals surface area contributed by atoms with Gasteiger partial charge in [-0.05, 0) is 23.8 Å². The van der Waals surface area contributed by atoms with Gasteiger partial charge in [-0.2, -0.15) is 16.1 Å². The molecule has 3 heterocycles. The van der Waals surface area contributed by atoms with E-state index in [1.54, 1.807) is 11.8 Å². The summed E-state index contributed by atoms with van der Waals surface area (Å²) < 4.78 is 29.4. The minimum Gasteiger partial charge on any atom is -0.356 e. The molecule has 2 N–H and O–H groups in total. The molecule has 1 aliphatic heterocycles. The van der Waals surface area contributed by atoms with Crippen LogP contribution in [0.15, 0.2) is 71.8 Å². The van der Waals surface area contributed by atoms with Crippen LogP contribution in [-0.2, 0) is 17.1 Å². The van der Waals surface area contributed by atoms with E-state index < -0.39 is 22.0 Å². The number of thioether (sulfide) groups is 1. The van der Waals surface area contributed by atoms with E-state index in [2.05, 4.69) is 10.3 Å². The number of imidazole rings is 1. The largest absolute Gasteiger partial charge is 0.356 e. The fraction of sp³-hybridized carbons (Fsp3) is 0.250. The molecule has 2 aromatic carbocycles. The molecule has 0 aliphatic carbocycles. The van der Waals surface area contributed by atoms with Gasteiger partial charge in [0.15, 0.2) is 0 Å². The number of H-pyrrole nitrogens is 1. The number of para-hydroxylation sites is 2. The van der Waals surface area contributed by atoms with Gasteiger partial charge in [0.25, 0.3) is 5.91 Å². The lowest BCUT2D eigenvalue weighted by molar-refractivity contribution is 0.0936. The zero-order chi connectivity index (χ0) is 23.7. The van der Waals surface area contributed by atoms with Gasteiger partial charge in [0.05, 0.1) is 11.0 Å². The van der Waals surface area contributed by atoms with Gasteiger partial charge in [0.1, 0.15) is 22.5 Å². The first-order valence-corrected chi connectivity index (χ1v) is 13.6. The van der Waals surface area contributed by atoms with Crippen molar-refractivity contribution in [1.29, 1.82) is 0 Å². The fourth-order valence-electron chi connectivity index (χ4n) is 4.16. The zero-order valence-corrected chi connectivity index (χ0v) is 20.3. The lowest BCUT2D eigenvalue weighted by atomic mass is 10.1. The average Bonchev–Trinajstić information content (AvgIpc) is 3.50. The van der Waals surface area contributed by atoms with Crippen molar-refractivity contribution < 1.29 is 13.2 Å². The molecule has 1 unspecified atom stereocenters. The highest BCUT2D eigenvalue weighted by Gasteiger charge is 2.29. The Labute approximate surface area is 202 Å². The predicted octanol–water partition coefficient (Wildman–Crippen LogP) is 3.16. The van der Waals surface area contributed by atoms with E-state index in [0.717, 1.165) is 28.1 Å². The molecule has 1 aliphatic rings. The molecule has 1 fully saturated rings. The van der Waals surface area contributed by atoms with E-state index in [1.165, 1.54) is 16.6 Å². The Morgan fingerprint density at radius 1 is 1.09 bits per heavy atom. The topological polar surface area (TPSA) is 100 Å². The van der Waals surface area contributed by atoms with Gasteiger partial charge in [-0.1, -0.05) is 42.5 Å². The number of amides is 1. The normalized spacial score (nSPS) is 15.9. The monoisotopic (exact) mass is 495 g/mol. The quantitative estimate of drug-likeness (QED) is 0.428. The zero-order valence-electron chi connectivity index (χ0n) is 18.6. The Hall–Kier alpha value is -3.08. The van der Waals surface area contributed by atoms with E-state index in [1.807, 2.05) is 66.2 Å². The lowest BCUT2D eigenvalue weighted by Gasteiger charge is -2.24. The summed E-state index contributed by atoms with van der Waals surface area (Å²) in [7, 11) is -1.72. The summed E-state index contributed by atoms with van der Waals surface area (Å²) in [5.74, 6) is 1.82. The average molecular weight is 496 g/mol. The van der Waals surface area contributed by atoms with Crippen molar-refractivity contribution in [3.63, 3.8) is 0 Å². The maximum Gasteiger partial charge on any atom is 0.268 e. The first-order valence-electron chi connectivity index (χ1n) is 11.0. The second kappa shape index (κ2) is 9.28. The fourth-order valence-corrected chi connectivity index (χ4v) is 6.73. The van der Waals surface area contributed by atoms with E-state index in [4.69, 9.17) is 4.98 Å². The van der Waals surface area contributed by atoms with Crippen LogP contribution in [0, 0.1) is 0 Å². The van der Waals surface area contributed by atoms with Gasteiger partial charge in [0.2, 0.25) is 10.0 Å². The number of hydrogen-bond acceptors (Lipinski definition) is 5. The third-order valence-electron chi connectivity index (χ3n) is 6.00. The molecule has 176 valence electrons. The third kappa shape index (κ3) is 4.24. The van der Waals surface area contributed by atoms with Crippen molar-refractivity contribution in [2.24, 2.45) is 7.05 Å². The van der Waals surface area contributed by atoms with Gasteiger partial charge in [-0.3, -0.25) is 4.79 Å². The SMILES string of the molecule is Cn1c(C(NC(=O)c2cc(S(=O)(=O)N3CCSCC3)c[nH]2)c2ccccc2)nc2ccccc21. The van der Waals surface area contributed by atoms with Crippen LogP contribution in [0.4, 0.5) is 0 Å². The standard InChI is InChI=1S/C24H25N5O3S2/c1-28-21-10-6-5-9-19(21)26-23(28)22(17-7-3-2-4-8-17)27-24(30)20-15-18(16-25-20)34(31,32)29-11-13-33-14-12-29/h2-10,15-16,22,25H,11-14H2,1H3,(H,27,30). The van der Waals surface area contributed by atoms with Gasteiger partial charge in [0, 0.05) is 37.8 Å². The second-order valence-electron chi connectivity index (χ2n) is 8.10. The molecule has 2 aromatic heterocycles. The van der Waals surface area contributed by atoms with Crippen molar-refractivity contribution in [2.75, 3.05) is 24.6 Å². The summed E-state index contributed by atoms with van der Waals surface area (Å²) in [6.45, 7) is 0.949. The van der Waals surface area contributed by atoms with E-state index >= 15 is 0 Å². The molecule has 1 amide bonds. The number of sulfonamides is 1. The minimum absolute atomic E-state index is 0.101. The van der Waals surface area contributed by atoms with Crippen molar-refractivity contribution in [3.8, 4) is 0 Å². The van der Waals surface area contributed by atoms with Crippen molar-refractivity contribution in [3.05, 3.63) is 83.9 Å². The highest BCUT2D eigenvalue weighted by atomic mass is 32.2. The van der Waals surface area contributed by atoms with Crippen LogP contribution in [0.1, 0.15) is 27.9 Å². The number of benzene rings is 2. The summed E-state index contributed by atoms with van der Waals surface area (Å²) in [4.78, 5) is 21.0. The number of carbonyl (C=O) groups excluding carboxylic acids is 1. The van der Waals surface area contributed by atoms with Gasteiger partial charge < -0.3 is 14.9 Å². The van der Waals surface area contributed by atoms with Crippen molar-refractivity contribution in [2.45, 2.75) is 10.9 Å². The van der Waals surface area contributed by atoms with Gasteiger partial charge >= 0.3 is 0 Å². The number of fused-ring (bicyclic) bond motifs is 1. The summed E-state index contributed by atoms with van der Waals surface area (Å²) in [6.07, 6.45) is 1.39. The molecule has 8 nitrogen and oxygen atoms in total. The summed E-state index contributed by atoms with van der Waals surface area (Å²) in [6, 6.07) is 18.3. The molecule has 0 bridgehead atoms. The van der Waals surface area contributed by atoms with E-state index in [-0.39, 0.29) is 10.6 Å². The van der Waals surface area contributed by atoms with Gasteiger partial charge in [-0.15, -0.1) is 0 Å². The number of hydrogen-bond donors (Lipinski definition) is 2. The Kier molecular flexibility index (Phi) is 6.20. The number of aromatic amines is 1. The molecule has 34 heavy (non-hydrogen) atoms. The van der Waals surface area contributed by atoms with Crippen molar-refractivity contribution in [1.82, 2.24) is 24.2 Å². The number of carbonyl (C=O) groups is 1. The van der Waals surface area contributed by atoms with Crippen LogP contribution in [0.2, 0.25) is 0 Å². The highest BCUT2D eigenvalue weighted by Crippen LogP contribution is 2.26. The molecule has 5 rings (SSSR count). The Bertz CT molecular complexity index is 1420. The first kappa shape index (κ1) is 22.7. The Morgan fingerprint density at radius 3 is 2.53 bits per heavy atom. The van der Waals surface area contributed by atoms with Crippen LogP contribution in [0.25, 0.3) is 11.0 Å². The third-order valence-corrected chi connectivity index (χ3v) is 8.82. The molecular formula is C24H25N5O3S2. The Morgan fingerprint density at radius 2 is 1.79 bits per heavy atom. The van der Waals surface area contributed by atoms with Gasteiger partial charge in [-0.25, -0.2) is 13.4 Å². The first-order chi connectivity index (χ1) is 16.4. The molecule has 10 heteroatoms. The molecule has 4 aromatic rings. The predicted molar refractivity (Wildman–Crippen MR) is 133 cm³/mol. The van der Waals surface area contributed by atoms with Crippen molar-refractivity contribution >= 4 is 38.7 Å². The molecule has 1 atom stereocenters. The van der Waals surface area contributed by atoms with Crippen LogP contribution >= 0.6 is 11.8 Å². The summed E-state index contributed by atoms with van der Waals surface area (Å²) in [5.41, 5.74) is 2.85. The smallest absolute Gasteiger partial charge is 0.268 e. The number of aromatic nitrogens is 3. The highest BCUT2D eigenvalue weighted by molar-refractivity contribution is 7.99. The molecule has 1 saturated heterocycles. The molecule has 0 spiro atoms. The lowest BCUT2D eigenvalue weighted by Crippen LogP contribution is -2.37. The molecular weight excluding hydrogens is 470 g/mol. The van der Waals surface area contributed by atoms with E-state index in [9.17, 15) is 13.2 Å². The summed E-state index contributed by atoms with van der Waals surface area (Å²) in [5, 5.41) is 3.05.